The van der Waals surface area contributed by atoms with Crippen LogP contribution >= 0.6 is 11.3 Å². The molecule has 0 aliphatic carbocycles. The van der Waals surface area contributed by atoms with Crippen molar-refractivity contribution in [3.8, 4) is 33.6 Å². The van der Waals surface area contributed by atoms with Crippen molar-refractivity contribution in [1.82, 2.24) is 14.9 Å². The minimum Gasteiger partial charge on any atom is -0.493 e. The fourth-order valence-corrected chi connectivity index (χ4v) is 4.20. The molecule has 0 saturated heterocycles. The summed E-state index contributed by atoms with van der Waals surface area (Å²) < 4.78 is 19.6. The van der Waals surface area contributed by atoms with Crippen molar-refractivity contribution in [2.75, 3.05) is 13.7 Å². The number of aromatic nitrogens is 2. The molecule has 1 aliphatic heterocycles. The van der Waals surface area contributed by atoms with E-state index in [-0.39, 0.29) is 24.0 Å². The number of imidazole rings is 1. The predicted molar refractivity (Wildman–Crippen MR) is 125 cm³/mol. The van der Waals surface area contributed by atoms with E-state index in [2.05, 4.69) is 26.1 Å². The molecule has 1 amide bonds. The van der Waals surface area contributed by atoms with Crippen LogP contribution in [0.25, 0.3) is 16.4 Å². The Hall–Kier alpha value is -3.00. The number of carbonyl (C=O) groups is 1. The first kappa shape index (κ1) is 22.2. The summed E-state index contributed by atoms with van der Waals surface area (Å²) in [6.07, 6.45) is -0.0239. The smallest absolute Gasteiger partial charge is 0.271 e. The molecule has 0 saturated carbocycles. The molecule has 7 nitrogen and oxygen atoms in total. The Labute approximate surface area is 192 Å². The van der Waals surface area contributed by atoms with Crippen LogP contribution in [0.15, 0.2) is 29.6 Å². The quantitative estimate of drug-likeness (QED) is 0.562. The fraction of sp³-hybridized carbons (Fsp3) is 0.417. The van der Waals surface area contributed by atoms with Crippen molar-refractivity contribution < 1.29 is 19.0 Å². The Morgan fingerprint density at radius 3 is 2.72 bits per heavy atom. The average molecular weight is 456 g/mol. The Kier molecular flexibility index (Phi) is 5.90. The second-order valence-corrected chi connectivity index (χ2v) is 10.2. The van der Waals surface area contributed by atoms with Crippen LogP contribution in [0.1, 0.15) is 50.8 Å². The molecule has 1 aromatic carbocycles. The van der Waals surface area contributed by atoms with E-state index >= 15 is 0 Å². The lowest BCUT2D eigenvalue weighted by atomic mass is 9.97. The van der Waals surface area contributed by atoms with Crippen LogP contribution in [0, 0.1) is 5.41 Å². The van der Waals surface area contributed by atoms with E-state index in [1.54, 1.807) is 18.4 Å². The maximum atomic E-state index is 13.1. The second-order valence-electron chi connectivity index (χ2n) is 9.21. The van der Waals surface area contributed by atoms with Crippen molar-refractivity contribution >= 4 is 17.2 Å². The van der Waals surface area contributed by atoms with Crippen LogP contribution in [0.5, 0.6) is 17.2 Å². The highest BCUT2D eigenvalue weighted by Crippen LogP contribution is 2.43. The molecular weight excluding hydrogens is 426 g/mol. The van der Waals surface area contributed by atoms with Gasteiger partial charge in [0.2, 0.25) is 0 Å². The molecule has 1 N–H and O–H groups in total. The molecule has 0 fully saturated rings. The number of methoxy groups -OCH3 is 1. The van der Waals surface area contributed by atoms with Crippen molar-refractivity contribution in [2.45, 2.75) is 47.3 Å². The van der Waals surface area contributed by atoms with Crippen molar-refractivity contribution in [2.24, 2.45) is 5.41 Å². The Morgan fingerprint density at radius 1 is 1.31 bits per heavy atom. The monoisotopic (exact) mass is 455 g/mol. The molecule has 3 heterocycles. The molecule has 8 heteroatoms. The molecule has 0 bridgehead atoms. The number of benzene rings is 1. The zero-order valence-electron chi connectivity index (χ0n) is 19.3. The van der Waals surface area contributed by atoms with Gasteiger partial charge in [-0.25, -0.2) is 4.98 Å². The van der Waals surface area contributed by atoms with Gasteiger partial charge >= 0.3 is 0 Å². The second kappa shape index (κ2) is 8.50. The molecular formula is C24H29N3O4S. The van der Waals surface area contributed by atoms with Crippen LogP contribution in [-0.4, -0.2) is 35.2 Å². The maximum Gasteiger partial charge on any atom is 0.271 e. The lowest BCUT2D eigenvalue weighted by molar-refractivity contribution is 0.0931. The number of nitrogens with zero attached hydrogens (tertiary/aromatic N) is 2. The van der Waals surface area contributed by atoms with Crippen LogP contribution in [0.2, 0.25) is 0 Å². The first-order valence-electron chi connectivity index (χ1n) is 10.6. The maximum absolute atomic E-state index is 13.1. The minimum absolute atomic E-state index is 0.0239. The first-order chi connectivity index (χ1) is 15.2. The number of thiophene rings is 1. The Balaban J connectivity index is 1.86. The Morgan fingerprint density at radius 2 is 2.09 bits per heavy atom. The highest BCUT2D eigenvalue weighted by molar-refractivity contribution is 7.13. The summed E-state index contributed by atoms with van der Waals surface area (Å²) in [4.78, 5) is 18.8. The third-order valence-corrected chi connectivity index (χ3v) is 5.79. The zero-order valence-corrected chi connectivity index (χ0v) is 20.1. The molecule has 0 spiro atoms. The third kappa shape index (κ3) is 4.32. The van der Waals surface area contributed by atoms with E-state index in [4.69, 9.17) is 19.2 Å². The number of carbonyl (C=O) groups excluding carboxylic acids is 1. The van der Waals surface area contributed by atoms with Gasteiger partial charge < -0.3 is 19.5 Å². The van der Waals surface area contributed by atoms with Crippen LogP contribution in [0.4, 0.5) is 0 Å². The lowest BCUT2D eigenvalue weighted by Crippen LogP contribution is -2.33. The van der Waals surface area contributed by atoms with Gasteiger partial charge in [-0.2, -0.15) is 0 Å². The van der Waals surface area contributed by atoms with E-state index in [1.165, 1.54) is 0 Å². The third-order valence-electron chi connectivity index (χ3n) is 4.92. The number of ether oxygens (including phenoxy) is 3. The largest absolute Gasteiger partial charge is 0.493 e. The summed E-state index contributed by atoms with van der Waals surface area (Å²) in [5.74, 6) is 2.37. The van der Waals surface area contributed by atoms with Crippen molar-refractivity contribution in [1.29, 1.82) is 0 Å². The van der Waals surface area contributed by atoms with Gasteiger partial charge in [-0.1, -0.05) is 26.8 Å². The summed E-state index contributed by atoms with van der Waals surface area (Å²) in [5.41, 5.74) is 1.83. The highest BCUT2D eigenvalue weighted by Gasteiger charge is 2.31. The van der Waals surface area contributed by atoms with Crippen molar-refractivity contribution in [3.63, 3.8) is 0 Å². The minimum atomic E-state index is -0.203. The van der Waals surface area contributed by atoms with Gasteiger partial charge in [0, 0.05) is 18.7 Å². The summed E-state index contributed by atoms with van der Waals surface area (Å²) in [7, 11) is 1.61. The highest BCUT2D eigenvalue weighted by atomic mass is 32.1. The van der Waals surface area contributed by atoms with Gasteiger partial charge in [0.05, 0.1) is 29.5 Å². The molecule has 3 aromatic rings. The SMILES string of the molecule is COc1cc2c(cc1OC(C)C)-n1c(-c3cccs3)nc(C(=O)NCC(C)(C)C)c1CO2. The van der Waals surface area contributed by atoms with Gasteiger partial charge in [0.25, 0.3) is 5.91 Å². The lowest BCUT2D eigenvalue weighted by Gasteiger charge is -2.24. The molecule has 4 rings (SSSR count). The number of hydrogen-bond donors (Lipinski definition) is 1. The van der Waals surface area contributed by atoms with E-state index < -0.39 is 0 Å². The first-order valence-corrected chi connectivity index (χ1v) is 11.5. The fourth-order valence-electron chi connectivity index (χ4n) is 3.50. The molecule has 2 aromatic heterocycles. The number of nitrogens with one attached hydrogen (secondary N) is 1. The van der Waals surface area contributed by atoms with Gasteiger partial charge in [-0.05, 0) is 30.7 Å². The van der Waals surface area contributed by atoms with Crippen LogP contribution in [0.3, 0.4) is 0 Å². The molecule has 0 atom stereocenters. The van der Waals surface area contributed by atoms with Crippen molar-refractivity contribution in [3.05, 3.63) is 41.0 Å². The summed E-state index contributed by atoms with van der Waals surface area (Å²) in [6.45, 7) is 11.0. The van der Waals surface area contributed by atoms with E-state index in [1.807, 2.05) is 48.1 Å². The van der Waals surface area contributed by atoms with E-state index in [0.29, 0.717) is 41.0 Å². The molecule has 170 valence electrons. The number of hydrogen-bond acceptors (Lipinski definition) is 6. The molecule has 0 unspecified atom stereocenters. The predicted octanol–water partition coefficient (Wildman–Crippen LogP) is 5.06. The van der Waals surface area contributed by atoms with E-state index in [9.17, 15) is 4.79 Å². The number of rotatable bonds is 6. The van der Waals surface area contributed by atoms with Crippen LogP contribution in [-0.2, 0) is 6.61 Å². The zero-order chi connectivity index (χ0) is 23.0. The van der Waals surface area contributed by atoms with Crippen LogP contribution < -0.4 is 19.5 Å². The molecule has 32 heavy (non-hydrogen) atoms. The molecule has 0 radical (unpaired) electrons. The van der Waals surface area contributed by atoms with Gasteiger partial charge in [-0.3, -0.25) is 9.36 Å². The Bertz CT molecular complexity index is 1130. The molecule has 1 aliphatic rings. The summed E-state index contributed by atoms with van der Waals surface area (Å²) in [5, 5.41) is 5.01. The van der Waals surface area contributed by atoms with E-state index in [0.717, 1.165) is 10.6 Å². The number of fused-ring (bicyclic) bond motifs is 3. The number of amides is 1. The van der Waals surface area contributed by atoms with Gasteiger partial charge in [-0.15, -0.1) is 11.3 Å². The average Bonchev–Trinajstić information content (AvgIpc) is 3.38. The summed E-state index contributed by atoms with van der Waals surface area (Å²) >= 11 is 1.58. The van der Waals surface area contributed by atoms with Gasteiger partial charge in [0.1, 0.15) is 12.4 Å². The summed E-state index contributed by atoms with van der Waals surface area (Å²) in [6, 6.07) is 7.70. The topological polar surface area (TPSA) is 74.6 Å². The van der Waals surface area contributed by atoms with Gasteiger partial charge in [0.15, 0.2) is 23.0 Å². The normalized spacial score (nSPS) is 12.7. The standard InChI is InChI=1S/C24H29N3O4S/c1-14(2)31-19-10-15-17(11-18(19)29-6)30-12-16-21(23(28)25-13-24(3,4)5)26-22(27(15)16)20-8-7-9-32-20/h7-11,14H,12-13H2,1-6H3,(H,25,28).